The maximum atomic E-state index is 12.0. The van der Waals surface area contributed by atoms with Crippen LogP contribution in [0.4, 0.5) is 5.69 Å². The molecule has 104 valence electrons. The highest BCUT2D eigenvalue weighted by Gasteiger charge is 2.14. The summed E-state index contributed by atoms with van der Waals surface area (Å²) in [4.78, 5) is 12.0. The van der Waals surface area contributed by atoms with Crippen LogP contribution < -0.4 is 10.1 Å². The molecule has 0 saturated heterocycles. The van der Waals surface area contributed by atoms with Gasteiger partial charge in [-0.2, -0.15) is 0 Å². The third-order valence-corrected chi connectivity index (χ3v) is 3.86. The Bertz CT molecular complexity index is 584. The maximum Gasteiger partial charge on any atom is 0.265 e. The van der Waals surface area contributed by atoms with E-state index in [1.807, 2.05) is 48.5 Å². The van der Waals surface area contributed by atoms with Gasteiger partial charge in [0, 0.05) is 13.7 Å². The number of nitrogens with one attached hydrogen (secondary N) is 1. The molecule has 1 amide bonds. The molecule has 1 N–H and O–H groups in total. The molecular weight excluding hydrogens is 433 g/mol. The first-order valence-corrected chi connectivity index (χ1v) is 7.90. The quantitative estimate of drug-likeness (QED) is 0.705. The third kappa shape index (κ3) is 4.49. The van der Waals surface area contributed by atoms with Crippen LogP contribution in [0.2, 0.25) is 0 Å². The van der Waals surface area contributed by atoms with Crippen molar-refractivity contribution in [3.05, 3.63) is 56.6 Å². The summed E-state index contributed by atoms with van der Waals surface area (Å²) < 4.78 is 7.69. The largest absolute Gasteiger partial charge is 0.481 e. The van der Waals surface area contributed by atoms with Crippen LogP contribution in [0.25, 0.3) is 0 Å². The Morgan fingerprint density at radius 2 is 1.75 bits per heavy atom. The number of anilines is 1. The van der Waals surface area contributed by atoms with Gasteiger partial charge in [0.15, 0.2) is 6.10 Å². The second-order valence-corrected chi connectivity index (χ2v) is 6.37. The SMILES string of the molecule is CC(Oc1ccc(Br)cc1)C(=O)Nc1ccc(I)cc1. The molecule has 0 aliphatic rings. The second kappa shape index (κ2) is 7.08. The number of benzene rings is 2. The Morgan fingerprint density at radius 1 is 1.15 bits per heavy atom. The summed E-state index contributed by atoms with van der Waals surface area (Å²) in [6, 6.07) is 15.0. The summed E-state index contributed by atoms with van der Waals surface area (Å²) in [5, 5.41) is 2.82. The van der Waals surface area contributed by atoms with Gasteiger partial charge in [-0.1, -0.05) is 15.9 Å². The highest BCUT2D eigenvalue weighted by atomic mass is 127. The summed E-state index contributed by atoms with van der Waals surface area (Å²) in [7, 11) is 0. The first-order valence-electron chi connectivity index (χ1n) is 6.03. The molecule has 2 aromatic carbocycles. The van der Waals surface area contributed by atoms with E-state index in [1.54, 1.807) is 6.92 Å². The molecule has 0 radical (unpaired) electrons. The van der Waals surface area contributed by atoms with Gasteiger partial charge in [-0.3, -0.25) is 4.79 Å². The van der Waals surface area contributed by atoms with Crippen LogP contribution in [0.3, 0.4) is 0 Å². The zero-order valence-corrected chi connectivity index (χ0v) is 14.5. The summed E-state index contributed by atoms with van der Waals surface area (Å²) in [5.74, 6) is 0.493. The van der Waals surface area contributed by atoms with E-state index in [4.69, 9.17) is 4.74 Å². The molecule has 0 fully saturated rings. The number of hydrogen-bond acceptors (Lipinski definition) is 2. The topological polar surface area (TPSA) is 38.3 Å². The van der Waals surface area contributed by atoms with Crippen molar-refractivity contribution in [2.75, 3.05) is 5.32 Å². The highest BCUT2D eigenvalue weighted by molar-refractivity contribution is 14.1. The molecule has 2 rings (SSSR count). The number of hydrogen-bond donors (Lipinski definition) is 1. The molecule has 1 atom stereocenters. The Hall–Kier alpha value is -1.08. The predicted molar refractivity (Wildman–Crippen MR) is 92.0 cm³/mol. The fourth-order valence-electron chi connectivity index (χ4n) is 1.55. The molecule has 3 nitrogen and oxygen atoms in total. The van der Waals surface area contributed by atoms with Gasteiger partial charge in [0.2, 0.25) is 0 Å². The van der Waals surface area contributed by atoms with Gasteiger partial charge in [-0.15, -0.1) is 0 Å². The maximum absolute atomic E-state index is 12.0. The van der Waals surface area contributed by atoms with Crippen molar-refractivity contribution < 1.29 is 9.53 Å². The molecule has 0 saturated carbocycles. The third-order valence-electron chi connectivity index (χ3n) is 2.61. The molecule has 0 aliphatic carbocycles. The Labute approximate surface area is 140 Å². The van der Waals surface area contributed by atoms with E-state index in [0.29, 0.717) is 5.75 Å². The zero-order valence-electron chi connectivity index (χ0n) is 10.8. The van der Waals surface area contributed by atoms with Crippen molar-refractivity contribution in [1.29, 1.82) is 0 Å². The summed E-state index contributed by atoms with van der Waals surface area (Å²) in [6.07, 6.45) is -0.560. The number of amides is 1. The number of carbonyl (C=O) groups is 1. The lowest BCUT2D eigenvalue weighted by Crippen LogP contribution is -2.30. The number of ether oxygens (including phenoxy) is 1. The smallest absolute Gasteiger partial charge is 0.265 e. The minimum absolute atomic E-state index is 0.172. The van der Waals surface area contributed by atoms with Crippen LogP contribution >= 0.6 is 38.5 Å². The average molecular weight is 446 g/mol. The summed E-state index contributed by atoms with van der Waals surface area (Å²) >= 11 is 5.58. The average Bonchev–Trinajstić information content (AvgIpc) is 2.44. The molecule has 0 bridgehead atoms. The number of rotatable bonds is 4. The minimum atomic E-state index is -0.560. The molecule has 0 heterocycles. The lowest BCUT2D eigenvalue weighted by atomic mass is 10.3. The predicted octanol–water partition coefficient (Wildman–Crippen LogP) is 4.46. The van der Waals surface area contributed by atoms with Crippen LogP contribution in [-0.2, 0) is 4.79 Å². The van der Waals surface area contributed by atoms with Gasteiger partial charge >= 0.3 is 0 Å². The van der Waals surface area contributed by atoms with Crippen LogP contribution in [-0.4, -0.2) is 12.0 Å². The van der Waals surface area contributed by atoms with E-state index in [-0.39, 0.29) is 5.91 Å². The Kier molecular flexibility index (Phi) is 5.42. The van der Waals surface area contributed by atoms with Crippen molar-refractivity contribution >= 4 is 50.1 Å². The Balaban J connectivity index is 1.94. The van der Waals surface area contributed by atoms with Gasteiger partial charge in [0.25, 0.3) is 5.91 Å². The lowest BCUT2D eigenvalue weighted by Gasteiger charge is -2.14. The van der Waals surface area contributed by atoms with E-state index >= 15 is 0 Å². The second-order valence-electron chi connectivity index (χ2n) is 4.21. The standard InChI is InChI=1S/C15H13BrINO2/c1-10(20-14-8-2-11(16)3-9-14)15(19)18-13-6-4-12(17)5-7-13/h2-10H,1H3,(H,18,19). The van der Waals surface area contributed by atoms with E-state index < -0.39 is 6.10 Å². The minimum Gasteiger partial charge on any atom is -0.481 e. The van der Waals surface area contributed by atoms with Crippen LogP contribution in [0.15, 0.2) is 53.0 Å². The van der Waals surface area contributed by atoms with Crippen molar-refractivity contribution in [2.24, 2.45) is 0 Å². The van der Waals surface area contributed by atoms with Crippen molar-refractivity contribution in [3.63, 3.8) is 0 Å². The van der Waals surface area contributed by atoms with Gasteiger partial charge in [0.05, 0.1) is 0 Å². The molecule has 5 heteroatoms. The Morgan fingerprint density at radius 3 is 2.35 bits per heavy atom. The fourth-order valence-corrected chi connectivity index (χ4v) is 2.17. The molecule has 2 aromatic rings. The first-order chi connectivity index (χ1) is 9.54. The molecule has 1 unspecified atom stereocenters. The van der Waals surface area contributed by atoms with Gasteiger partial charge in [0.1, 0.15) is 5.75 Å². The molecular formula is C15H13BrINO2. The van der Waals surface area contributed by atoms with Crippen molar-refractivity contribution in [3.8, 4) is 5.75 Å². The lowest BCUT2D eigenvalue weighted by molar-refractivity contribution is -0.122. The van der Waals surface area contributed by atoms with Crippen molar-refractivity contribution in [1.82, 2.24) is 0 Å². The van der Waals surface area contributed by atoms with Crippen LogP contribution in [0, 0.1) is 3.57 Å². The molecule has 0 aliphatic heterocycles. The monoisotopic (exact) mass is 445 g/mol. The van der Waals surface area contributed by atoms with E-state index in [0.717, 1.165) is 13.7 Å². The summed E-state index contributed by atoms with van der Waals surface area (Å²) in [5.41, 5.74) is 0.765. The number of carbonyl (C=O) groups excluding carboxylic acids is 1. The van der Waals surface area contributed by atoms with Crippen LogP contribution in [0.1, 0.15) is 6.92 Å². The molecule has 0 aromatic heterocycles. The number of halogens is 2. The van der Waals surface area contributed by atoms with E-state index in [1.165, 1.54) is 0 Å². The first kappa shape index (κ1) is 15.3. The highest BCUT2D eigenvalue weighted by Crippen LogP contribution is 2.18. The molecule has 0 spiro atoms. The van der Waals surface area contributed by atoms with Crippen LogP contribution in [0.5, 0.6) is 5.75 Å². The van der Waals surface area contributed by atoms with E-state index in [9.17, 15) is 4.79 Å². The fraction of sp³-hybridized carbons (Fsp3) is 0.133. The van der Waals surface area contributed by atoms with Gasteiger partial charge in [-0.05, 0) is 78.0 Å². The van der Waals surface area contributed by atoms with E-state index in [2.05, 4.69) is 43.8 Å². The summed E-state index contributed by atoms with van der Waals surface area (Å²) in [6.45, 7) is 1.73. The molecule has 20 heavy (non-hydrogen) atoms. The normalized spacial score (nSPS) is 11.8. The zero-order chi connectivity index (χ0) is 14.5. The van der Waals surface area contributed by atoms with Gasteiger partial charge < -0.3 is 10.1 Å². The van der Waals surface area contributed by atoms with Crippen molar-refractivity contribution in [2.45, 2.75) is 13.0 Å². The van der Waals surface area contributed by atoms with Gasteiger partial charge in [-0.25, -0.2) is 0 Å².